The molecule has 0 spiro atoms. The van der Waals surface area contributed by atoms with Gasteiger partial charge in [0.2, 0.25) is 0 Å². The zero-order chi connectivity index (χ0) is 9.26. The Morgan fingerprint density at radius 2 is 1.46 bits per heavy atom. The maximum Gasteiger partial charge on any atom is -0.0386 e. The van der Waals surface area contributed by atoms with Crippen molar-refractivity contribution in [2.75, 3.05) is 0 Å². The predicted molar refractivity (Wildman–Crippen MR) is 57.6 cm³/mol. The first kappa shape index (κ1) is 9.55. The molecule has 0 N–H and O–H groups in total. The van der Waals surface area contributed by atoms with Crippen LogP contribution in [0.4, 0.5) is 0 Å². The van der Waals surface area contributed by atoms with E-state index in [1.165, 1.54) is 32.1 Å². The van der Waals surface area contributed by atoms with Crippen LogP contribution in [0.25, 0.3) is 0 Å². The zero-order valence-electron chi connectivity index (χ0n) is 9.26. The smallest absolute Gasteiger partial charge is 0.0386 e. The minimum atomic E-state index is 0.932. The molecule has 1 atom stereocenters. The van der Waals surface area contributed by atoms with E-state index in [-0.39, 0.29) is 0 Å². The SMILES string of the molecule is CC(C)C(CC1CCC1)CC1CC1. The molecule has 0 aromatic carbocycles. The molecule has 76 valence electrons. The molecule has 2 saturated carbocycles. The van der Waals surface area contributed by atoms with Crippen molar-refractivity contribution in [1.82, 2.24) is 0 Å². The third kappa shape index (κ3) is 2.72. The Bertz CT molecular complexity index is 151. The van der Waals surface area contributed by atoms with Crippen LogP contribution in [0.5, 0.6) is 0 Å². The molecule has 0 heteroatoms. The quantitative estimate of drug-likeness (QED) is 0.593. The Morgan fingerprint density at radius 3 is 1.77 bits per heavy atom. The van der Waals surface area contributed by atoms with Crippen LogP contribution in [0.15, 0.2) is 0 Å². The molecular formula is C13H24. The molecule has 13 heavy (non-hydrogen) atoms. The molecule has 0 bridgehead atoms. The first-order chi connectivity index (χ1) is 6.25. The highest BCUT2D eigenvalue weighted by Crippen LogP contribution is 2.42. The fourth-order valence-electron chi connectivity index (χ4n) is 2.58. The van der Waals surface area contributed by atoms with E-state index in [4.69, 9.17) is 0 Å². The fourth-order valence-corrected chi connectivity index (χ4v) is 2.58. The first-order valence-electron chi connectivity index (χ1n) is 6.25. The molecule has 0 nitrogen and oxygen atoms in total. The number of rotatable bonds is 5. The summed E-state index contributed by atoms with van der Waals surface area (Å²) in [6.45, 7) is 4.84. The summed E-state index contributed by atoms with van der Waals surface area (Å²) in [5.74, 6) is 4.23. The van der Waals surface area contributed by atoms with E-state index in [9.17, 15) is 0 Å². The Hall–Kier alpha value is 0. The van der Waals surface area contributed by atoms with E-state index < -0.39 is 0 Å². The molecule has 0 amide bonds. The molecule has 0 aromatic heterocycles. The number of hydrogen-bond acceptors (Lipinski definition) is 0. The zero-order valence-corrected chi connectivity index (χ0v) is 9.26. The molecule has 2 rings (SSSR count). The summed E-state index contributed by atoms with van der Waals surface area (Å²) in [6, 6.07) is 0. The van der Waals surface area contributed by atoms with Crippen molar-refractivity contribution < 1.29 is 0 Å². The fraction of sp³-hybridized carbons (Fsp3) is 1.00. The van der Waals surface area contributed by atoms with Crippen LogP contribution in [0.1, 0.15) is 58.8 Å². The largest absolute Gasteiger partial charge is 0.0625 e. The highest BCUT2D eigenvalue weighted by atomic mass is 14.4. The maximum atomic E-state index is 2.42. The third-order valence-corrected chi connectivity index (χ3v) is 4.14. The van der Waals surface area contributed by atoms with Gasteiger partial charge in [0.15, 0.2) is 0 Å². The van der Waals surface area contributed by atoms with Crippen molar-refractivity contribution in [3.05, 3.63) is 0 Å². The maximum absolute atomic E-state index is 2.42. The van der Waals surface area contributed by atoms with Crippen LogP contribution < -0.4 is 0 Å². The second-order valence-electron chi connectivity index (χ2n) is 5.72. The second kappa shape index (κ2) is 4.02. The lowest BCUT2D eigenvalue weighted by atomic mass is 9.74. The van der Waals surface area contributed by atoms with Gasteiger partial charge in [0.1, 0.15) is 0 Å². The van der Waals surface area contributed by atoms with Gasteiger partial charge < -0.3 is 0 Å². The summed E-state index contributed by atoms with van der Waals surface area (Å²) in [4.78, 5) is 0. The minimum Gasteiger partial charge on any atom is -0.0625 e. The molecule has 2 aliphatic rings. The van der Waals surface area contributed by atoms with Crippen LogP contribution >= 0.6 is 0 Å². The summed E-state index contributed by atoms with van der Waals surface area (Å²) in [6.07, 6.45) is 10.8. The highest BCUT2D eigenvalue weighted by Gasteiger charge is 2.29. The Kier molecular flexibility index (Phi) is 2.96. The molecule has 0 heterocycles. The normalized spacial score (nSPS) is 26.1. The monoisotopic (exact) mass is 180 g/mol. The average molecular weight is 180 g/mol. The molecular weight excluding hydrogens is 156 g/mol. The Labute approximate surface area is 83.1 Å². The summed E-state index contributed by atoms with van der Waals surface area (Å²) in [5.41, 5.74) is 0. The lowest BCUT2D eigenvalue weighted by Gasteiger charge is -2.31. The summed E-state index contributed by atoms with van der Waals surface area (Å²) < 4.78 is 0. The summed E-state index contributed by atoms with van der Waals surface area (Å²) >= 11 is 0. The van der Waals surface area contributed by atoms with E-state index in [1.807, 2.05) is 0 Å². The van der Waals surface area contributed by atoms with Crippen LogP contribution in [-0.2, 0) is 0 Å². The van der Waals surface area contributed by atoms with Gasteiger partial charge in [-0.05, 0) is 36.5 Å². The Balaban J connectivity index is 1.73. The van der Waals surface area contributed by atoms with Gasteiger partial charge in [-0.25, -0.2) is 0 Å². The van der Waals surface area contributed by atoms with Crippen LogP contribution in [0.3, 0.4) is 0 Å². The molecule has 2 fully saturated rings. The van der Waals surface area contributed by atoms with Gasteiger partial charge in [-0.15, -0.1) is 0 Å². The van der Waals surface area contributed by atoms with Crippen molar-refractivity contribution in [2.24, 2.45) is 23.7 Å². The first-order valence-corrected chi connectivity index (χ1v) is 6.25. The molecule has 0 aliphatic heterocycles. The lowest BCUT2D eigenvalue weighted by molar-refractivity contribution is 0.203. The minimum absolute atomic E-state index is 0.932. The molecule has 2 aliphatic carbocycles. The van der Waals surface area contributed by atoms with Crippen molar-refractivity contribution in [2.45, 2.75) is 58.8 Å². The van der Waals surface area contributed by atoms with E-state index in [1.54, 1.807) is 12.8 Å². The predicted octanol–water partition coefficient (Wildman–Crippen LogP) is 4.25. The van der Waals surface area contributed by atoms with Gasteiger partial charge in [-0.3, -0.25) is 0 Å². The van der Waals surface area contributed by atoms with E-state index in [0.29, 0.717) is 0 Å². The standard InChI is InChI=1S/C13H24/c1-10(2)13(9-12-6-7-12)8-11-4-3-5-11/h10-13H,3-9H2,1-2H3. The van der Waals surface area contributed by atoms with Crippen molar-refractivity contribution in [1.29, 1.82) is 0 Å². The lowest BCUT2D eigenvalue weighted by Crippen LogP contribution is -2.19. The van der Waals surface area contributed by atoms with Gasteiger partial charge in [-0.1, -0.05) is 46.0 Å². The van der Waals surface area contributed by atoms with Crippen LogP contribution in [0.2, 0.25) is 0 Å². The van der Waals surface area contributed by atoms with Gasteiger partial charge >= 0.3 is 0 Å². The van der Waals surface area contributed by atoms with Gasteiger partial charge in [-0.2, -0.15) is 0 Å². The van der Waals surface area contributed by atoms with E-state index >= 15 is 0 Å². The van der Waals surface area contributed by atoms with Crippen LogP contribution in [0, 0.1) is 23.7 Å². The molecule has 0 aromatic rings. The topological polar surface area (TPSA) is 0 Å². The van der Waals surface area contributed by atoms with Gasteiger partial charge in [0.25, 0.3) is 0 Å². The summed E-state index contributed by atoms with van der Waals surface area (Å²) in [7, 11) is 0. The van der Waals surface area contributed by atoms with E-state index in [2.05, 4.69) is 13.8 Å². The van der Waals surface area contributed by atoms with Crippen LogP contribution in [-0.4, -0.2) is 0 Å². The van der Waals surface area contributed by atoms with E-state index in [0.717, 1.165) is 23.7 Å². The molecule has 0 radical (unpaired) electrons. The van der Waals surface area contributed by atoms with Crippen molar-refractivity contribution in [3.63, 3.8) is 0 Å². The second-order valence-corrected chi connectivity index (χ2v) is 5.72. The highest BCUT2D eigenvalue weighted by molar-refractivity contribution is 4.81. The van der Waals surface area contributed by atoms with Gasteiger partial charge in [0, 0.05) is 0 Å². The Morgan fingerprint density at radius 1 is 0.923 bits per heavy atom. The number of hydrogen-bond donors (Lipinski definition) is 0. The van der Waals surface area contributed by atoms with Crippen molar-refractivity contribution >= 4 is 0 Å². The molecule has 1 unspecified atom stereocenters. The average Bonchev–Trinajstić information content (AvgIpc) is 2.76. The van der Waals surface area contributed by atoms with Crippen molar-refractivity contribution in [3.8, 4) is 0 Å². The third-order valence-electron chi connectivity index (χ3n) is 4.14. The van der Waals surface area contributed by atoms with Gasteiger partial charge in [0.05, 0.1) is 0 Å². The molecule has 0 saturated heterocycles. The summed E-state index contributed by atoms with van der Waals surface area (Å²) in [5, 5.41) is 0.